The minimum Gasteiger partial charge on any atom is -0.300 e. The Labute approximate surface area is 47.3 Å². The Morgan fingerprint density at radius 3 is 1.40 bits per heavy atom. The Balaban J connectivity index is 0. The Bertz CT molecular complexity index is 29.9. The molecule has 0 aromatic heterocycles. The minimum absolute atomic E-state index is 0. The largest absolute Gasteiger partial charge is 0.300 e. The van der Waals surface area contributed by atoms with Crippen molar-refractivity contribution in [3.05, 3.63) is 0 Å². The predicted molar refractivity (Wildman–Crippen MR) is 16.4 cm³/mol. The first-order valence-corrected chi connectivity index (χ1v) is 1.20. The molecule has 0 saturated heterocycles. The third-order valence-corrected chi connectivity index (χ3v) is 0. The van der Waals surface area contributed by atoms with Crippen molar-refractivity contribution >= 4 is 5.78 Å². The fourth-order valence-electron chi connectivity index (χ4n) is 0. The molecule has 0 atom stereocenters. The van der Waals surface area contributed by atoms with Crippen LogP contribution in [0.5, 0.6) is 0 Å². The molecule has 0 aliphatic rings. The summed E-state index contributed by atoms with van der Waals surface area (Å²) in [6.07, 6.45) is 0. The van der Waals surface area contributed by atoms with Crippen molar-refractivity contribution in [3.63, 3.8) is 0 Å². The molecule has 1 nitrogen and oxygen atoms in total. The second kappa shape index (κ2) is 4.41. The van der Waals surface area contributed by atoms with E-state index >= 15 is 0 Å². The normalized spacial score (nSPS) is 5.20. The Kier molecular flexibility index (Phi) is 7.98. The van der Waals surface area contributed by atoms with E-state index in [1.165, 1.54) is 13.8 Å². The number of rotatable bonds is 0. The second-order valence-corrected chi connectivity index (χ2v) is 0.908. The first-order chi connectivity index (χ1) is 1.73. The molecule has 0 bridgehead atoms. The van der Waals surface area contributed by atoms with Gasteiger partial charge in [0.05, 0.1) is 0 Å². The maximum Gasteiger partial charge on any atom is 0.126 e. The van der Waals surface area contributed by atoms with E-state index in [2.05, 4.69) is 0 Å². The molecule has 0 rings (SSSR count). The number of ketones is 1. The van der Waals surface area contributed by atoms with E-state index in [9.17, 15) is 4.79 Å². The summed E-state index contributed by atoms with van der Waals surface area (Å²) in [5, 5.41) is 0. The molecule has 0 aromatic rings. The van der Waals surface area contributed by atoms with Crippen molar-refractivity contribution in [2.24, 2.45) is 0 Å². The summed E-state index contributed by atoms with van der Waals surface area (Å²) in [5.41, 5.74) is 0. The van der Waals surface area contributed by atoms with Crippen LogP contribution < -0.4 is 0 Å². The molecule has 0 fully saturated rings. The van der Waals surface area contributed by atoms with Crippen molar-refractivity contribution in [1.82, 2.24) is 0 Å². The Morgan fingerprint density at radius 2 is 1.40 bits per heavy atom. The van der Waals surface area contributed by atoms with Crippen molar-refractivity contribution in [2.45, 2.75) is 13.8 Å². The van der Waals surface area contributed by atoms with Crippen LogP contribution in [0.15, 0.2) is 0 Å². The van der Waals surface area contributed by atoms with Crippen LogP contribution in [0, 0.1) is 0 Å². The van der Waals surface area contributed by atoms with Gasteiger partial charge in [0.2, 0.25) is 0 Å². The Morgan fingerprint density at radius 1 is 1.40 bits per heavy atom. The SMILES string of the molecule is CC(C)=O.[Nb]. The van der Waals surface area contributed by atoms with Gasteiger partial charge >= 0.3 is 0 Å². The van der Waals surface area contributed by atoms with E-state index < -0.39 is 0 Å². The van der Waals surface area contributed by atoms with E-state index in [-0.39, 0.29) is 28.2 Å². The van der Waals surface area contributed by atoms with Crippen LogP contribution >= 0.6 is 0 Å². The van der Waals surface area contributed by atoms with Gasteiger partial charge in [0, 0.05) is 22.4 Å². The summed E-state index contributed by atoms with van der Waals surface area (Å²) in [6.45, 7) is 3.06. The molecule has 0 aromatic carbocycles. The van der Waals surface area contributed by atoms with Crippen LogP contribution in [0.25, 0.3) is 0 Å². The summed E-state index contributed by atoms with van der Waals surface area (Å²) >= 11 is 0. The van der Waals surface area contributed by atoms with Crippen LogP contribution in [-0.4, -0.2) is 5.78 Å². The molecular weight excluding hydrogens is 145 g/mol. The molecule has 0 unspecified atom stereocenters. The standard InChI is InChI=1S/C3H6O.Nb/c1-3(2)4;/h1-2H3;. The number of hydrogen-bond donors (Lipinski definition) is 0. The van der Waals surface area contributed by atoms with Gasteiger partial charge in [-0.1, -0.05) is 0 Å². The van der Waals surface area contributed by atoms with Gasteiger partial charge in [0.25, 0.3) is 0 Å². The van der Waals surface area contributed by atoms with E-state index in [4.69, 9.17) is 0 Å². The average Bonchev–Trinajstić information content (AvgIpc) is 0.811. The number of hydrogen-bond acceptors (Lipinski definition) is 1. The minimum atomic E-state index is 0. The van der Waals surface area contributed by atoms with Crippen molar-refractivity contribution < 1.29 is 27.2 Å². The molecule has 0 heterocycles. The molecular formula is C3H6NbO. The third kappa shape index (κ3) is 152. The number of carbonyl (C=O) groups is 1. The maximum absolute atomic E-state index is 9.44. The third-order valence-electron chi connectivity index (χ3n) is 0. The van der Waals surface area contributed by atoms with Gasteiger partial charge in [-0.3, -0.25) is 0 Å². The van der Waals surface area contributed by atoms with Crippen LogP contribution in [0.2, 0.25) is 0 Å². The van der Waals surface area contributed by atoms with Gasteiger partial charge in [0.1, 0.15) is 5.78 Å². The van der Waals surface area contributed by atoms with Crippen LogP contribution in [0.1, 0.15) is 13.8 Å². The fourth-order valence-corrected chi connectivity index (χ4v) is 0. The van der Waals surface area contributed by atoms with Gasteiger partial charge in [-0.15, -0.1) is 0 Å². The van der Waals surface area contributed by atoms with Gasteiger partial charge in [0.15, 0.2) is 0 Å². The smallest absolute Gasteiger partial charge is 0.126 e. The van der Waals surface area contributed by atoms with Gasteiger partial charge < -0.3 is 4.79 Å². The monoisotopic (exact) mass is 151 g/mol. The van der Waals surface area contributed by atoms with Crippen molar-refractivity contribution in [3.8, 4) is 0 Å². The summed E-state index contributed by atoms with van der Waals surface area (Å²) in [5.74, 6) is 0.167. The molecule has 0 aliphatic carbocycles. The van der Waals surface area contributed by atoms with E-state index in [0.717, 1.165) is 0 Å². The predicted octanol–water partition coefficient (Wildman–Crippen LogP) is 0.593. The molecule has 0 amide bonds. The quantitative estimate of drug-likeness (QED) is 0.463. The Hall–Kier alpha value is 0.410. The van der Waals surface area contributed by atoms with Gasteiger partial charge in [-0.2, -0.15) is 0 Å². The van der Waals surface area contributed by atoms with E-state index in [1.54, 1.807) is 0 Å². The molecule has 1 radical (unpaired) electrons. The molecule has 0 aliphatic heterocycles. The van der Waals surface area contributed by atoms with Crippen LogP contribution in [0.4, 0.5) is 0 Å². The first-order valence-electron chi connectivity index (χ1n) is 1.20. The second-order valence-electron chi connectivity index (χ2n) is 0.908. The van der Waals surface area contributed by atoms with Crippen LogP contribution in [-0.2, 0) is 27.2 Å². The topological polar surface area (TPSA) is 17.1 Å². The average molecular weight is 151 g/mol. The van der Waals surface area contributed by atoms with E-state index in [1.807, 2.05) is 0 Å². The summed E-state index contributed by atoms with van der Waals surface area (Å²) in [6, 6.07) is 0. The zero-order valence-electron chi connectivity index (χ0n) is 3.36. The van der Waals surface area contributed by atoms with Gasteiger partial charge in [-0.25, -0.2) is 0 Å². The molecule has 29 valence electrons. The molecule has 0 saturated carbocycles. The zero-order valence-corrected chi connectivity index (χ0v) is 5.55. The molecule has 2 heteroatoms. The van der Waals surface area contributed by atoms with E-state index in [0.29, 0.717) is 0 Å². The number of carbonyl (C=O) groups excluding carboxylic acids is 1. The zero-order chi connectivity index (χ0) is 3.58. The van der Waals surface area contributed by atoms with Crippen molar-refractivity contribution in [1.29, 1.82) is 0 Å². The molecule has 5 heavy (non-hydrogen) atoms. The first kappa shape index (κ1) is 9.05. The molecule has 0 spiro atoms. The number of Topliss-reactive ketones (excluding diaryl/α,β-unsaturated/α-hetero) is 1. The summed E-state index contributed by atoms with van der Waals surface area (Å²) in [7, 11) is 0. The summed E-state index contributed by atoms with van der Waals surface area (Å²) in [4.78, 5) is 9.44. The summed E-state index contributed by atoms with van der Waals surface area (Å²) < 4.78 is 0. The maximum atomic E-state index is 9.44. The van der Waals surface area contributed by atoms with Crippen molar-refractivity contribution in [2.75, 3.05) is 0 Å². The fraction of sp³-hybridized carbons (Fsp3) is 0.667. The van der Waals surface area contributed by atoms with Crippen LogP contribution in [0.3, 0.4) is 0 Å². The molecule has 0 N–H and O–H groups in total. The van der Waals surface area contributed by atoms with Gasteiger partial charge in [-0.05, 0) is 13.8 Å².